The van der Waals surface area contributed by atoms with E-state index in [0.29, 0.717) is 11.3 Å². The Morgan fingerprint density at radius 1 is 0.878 bits per heavy atom. The summed E-state index contributed by atoms with van der Waals surface area (Å²) < 4.78 is 50.5. The molecule has 12 nitrogen and oxygen atoms in total. The van der Waals surface area contributed by atoms with Gasteiger partial charge in [-0.25, -0.2) is 27.7 Å². The number of esters is 1. The van der Waals surface area contributed by atoms with Gasteiger partial charge in [-0.1, -0.05) is 42.5 Å². The van der Waals surface area contributed by atoms with E-state index in [1.165, 1.54) is 32.7 Å². The molecule has 0 radical (unpaired) electrons. The van der Waals surface area contributed by atoms with Crippen LogP contribution >= 0.6 is 0 Å². The number of carbonyl (C=O) groups excluding carboxylic acids is 1. The molecule has 2 aromatic heterocycles. The zero-order valence-corrected chi connectivity index (χ0v) is 23.3. The summed E-state index contributed by atoms with van der Waals surface area (Å²) in [4.78, 5) is 29.9. The van der Waals surface area contributed by atoms with Gasteiger partial charge >= 0.3 is 5.97 Å². The fraction of sp³-hybridized carbons (Fsp3) is 0.179. The SMILES string of the molecule is CCOC(=O)CN(c1nc(-c2ncccn2)nc(OC)c1Oc1ccccc1OC)S(=O)(=O)/C=C/c1ccccc1. The van der Waals surface area contributed by atoms with Gasteiger partial charge in [0.05, 0.1) is 26.2 Å². The van der Waals surface area contributed by atoms with E-state index in [-0.39, 0.29) is 41.5 Å². The van der Waals surface area contributed by atoms with Gasteiger partial charge in [-0.2, -0.15) is 4.98 Å². The number of hydrogen-bond donors (Lipinski definition) is 0. The third-order valence-electron chi connectivity index (χ3n) is 5.41. The zero-order chi connectivity index (χ0) is 29.2. The highest BCUT2D eigenvalue weighted by atomic mass is 32.2. The second-order valence-electron chi connectivity index (χ2n) is 8.10. The first kappa shape index (κ1) is 29.0. The molecular formula is C28H27N5O7S. The Bertz CT molecular complexity index is 1620. The van der Waals surface area contributed by atoms with E-state index in [9.17, 15) is 13.2 Å². The van der Waals surface area contributed by atoms with Gasteiger partial charge in [0.1, 0.15) is 6.54 Å². The number of rotatable bonds is 12. The van der Waals surface area contributed by atoms with Crippen molar-refractivity contribution >= 4 is 27.9 Å². The van der Waals surface area contributed by atoms with Crippen LogP contribution in [0.2, 0.25) is 0 Å². The summed E-state index contributed by atoms with van der Waals surface area (Å²) in [5.74, 6) is -0.879. The Labute approximate surface area is 237 Å². The van der Waals surface area contributed by atoms with Crippen LogP contribution in [-0.2, 0) is 19.6 Å². The molecule has 4 aromatic rings. The molecule has 41 heavy (non-hydrogen) atoms. The number of methoxy groups -OCH3 is 2. The van der Waals surface area contributed by atoms with Crippen LogP contribution in [0.3, 0.4) is 0 Å². The number of sulfonamides is 1. The van der Waals surface area contributed by atoms with Crippen molar-refractivity contribution in [3.63, 3.8) is 0 Å². The lowest BCUT2D eigenvalue weighted by molar-refractivity contribution is -0.141. The molecule has 0 amide bonds. The lowest BCUT2D eigenvalue weighted by Gasteiger charge is -2.24. The van der Waals surface area contributed by atoms with Crippen molar-refractivity contribution in [3.8, 4) is 34.8 Å². The summed E-state index contributed by atoms with van der Waals surface area (Å²) in [5.41, 5.74) is 0.622. The predicted octanol–water partition coefficient (Wildman–Crippen LogP) is 4.11. The summed E-state index contributed by atoms with van der Waals surface area (Å²) in [6, 6.07) is 17.1. The van der Waals surface area contributed by atoms with Crippen molar-refractivity contribution in [1.82, 2.24) is 19.9 Å². The van der Waals surface area contributed by atoms with Crippen LogP contribution in [0, 0.1) is 0 Å². The van der Waals surface area contributed by atoms with Gasteiger partial charge < -0.3 is 18.9 Å². The Hall–Kier alpha value is -5.04. The minimum Gasteiger partial charge on any atom is -0.493 e. The molecule has 4 rings (SSSR count). The fourth-order valence-electron chi connectivity index (χ4n) is 3.55. The maximum Gasteiger partial charge on any atom is 0.326 e. The highest BCUT2D eigenvalue weighted by Crippen LogP contribution is 2.42. The highest BCUT2D eigenvalue weighted by molar-refractivity contribution is 7.95. The normalized spacial score (nSPS) is 11.2. The number of carbonyl (C=O) groups is 1. The van der Waals surface area contributed by atoms with Gasteiger partial charge in [-0.15, -0.1) is 0 Å². The molecular weight excluding hydrogens is 550 g/mol. The number of ether oxygens (including phenoxy) is 4. The predicted molar refractivity (Wildman–Crippen MR) is 151 cm³/mol. The van der Waals surface area contributed by atoms with Crippen molar-refractivity contribution < 1.29 is 32.2 Å². The molecule has 2 aromatic carbocycles. The van der Waals surface area contributed by atoms with Gasteiger partial charge in [-0.3, -0.25) is 4.79 Å². The van der Waals surface area contributed by atoms with Crippen molar-refractivity contribution in [2.45, 2.75) is 6.92 Å². The topological polar surface area (TPSA) is 143 Å². The standard InChI is InChI=1S/C28H27N5O7S/c1-4-39-23(34)19-33(41(35,36)18-15-20-11-6-5-7-12-20)27-24(40-22-14-9-8-13-21(22)37-2)28(38-3)32-26(31-27)25-29-16-10-17-30-25/h5-18H,4,19H2,1-3H3/b18-15+. The van der Waals surface area contributed by atoms with Crippen LogP contribution in [0.25, 0.3) is 17.7 Å². The molecule has 0 aliphatic rings. The zero-order valence-electron chi connectivity index (χ0n) is 22.5. The average Bonchev–Trinajstić information content (AvgIpc) is 3.00. The molecule has 2 heterocycles. The van der Waals surface area contributed by atoms with E-state index < -0.39 is 22.5 Å². The third kappa shape index (κ3) is 7.13. The number of para-hydroxylation sites is 2. The summed E-state index contributed by atoms with van der Waals surface area (Å²) in [6.45, 7) is 0.918. The van der Waals surface area contributed by atoms with E-state index in [1.54, 1.807) is 67.6 Å². The Morgan fingerprint density at radius 3 is 2.22 bits per heavy atom. The van der Waals surface area contributed by atoms with Crippen molar-refractivity contribution in [1.29, 1.82) is 0 Å². The molecule has 0 unspecified atom stereocenters. The third-order valence-corrected chi connectivity index (χ3v) is 6.81. The van der Waals surface area contributed by atoms with Crippen LogP contribution < -0.4 is 18.5 Å². The number of nitrogens with zero attached hydrogens (tertiary/aromatic N) is 5. The first-order valence-electron chi connectivity index (χ1n) is 12.3. The summed E-state index contributed by atoms with van der Waals surface area (Å²) in [7, 11) is -1.60. The minimum absolute atomic E-state index is 0.0351. The van der Waals surface area contributed by atoms with Gasteiger partial charge in [0.2, 0.25) is 11.6 Å². The van der Waals surface area contributed by atoms with E-state index in [2.05, 4.69) is 19.9 Å². The number of aromatic nitrogens is 4. The molecule has 0 aliphatic heterocycles. The molecule has 13 heteroatoms. The van der Waals surface area contributed by atoms with Gasteiger partial charge in [-0.05, 0) is 36.8 Å². The van der Waals surface area contributed by atoms with Crippen molar-refractivity contribution in [3.05, 3.63) is 84.0 Å². The van der Waals surface area contributed by atoms with Crippen LogP contribution in [0.1, 0.15) is 12.5 Å². The first-order valence-corrected chi connectivity index (χ1v) is 13.8. The molecule has 0 saturated carbocycles. The van der Waals surface area contributed by atoms with Crippen LogP contribution in [0.5, 0.6) is 23.1 Å². The first-order chi connectivity index (χ1) is 19.9. The maximum absolute atomic E-state index is 13.8. The molecule has 0 fully saturated rings. The molecule has 0 aliphatic carbocycles. The Kier molecular flexibility index (Phi) is 9.43. The lowest BCUT2D eigenvalue weighted by atomic mass is 10.2. The maximum atomic E-state index is 13.8. The average molecular weight is 578 g/mol. The van der Waals surface area contributed by atoms with Crippen LogP contribution in [0.15, 0.2) is 78.5 Å². The monoisotopic (exact) mass is 577 g/mol. The van der Waals surface area contributed by atoms with Crippen LogP contribution in [-0.4, -0.2) is 61.7 Å². The Morgan fingerprint density at radius 2 is 1.56 bits per heavy atom. The second kappa shape index (κ2) is 13.3. The minimum atomic E-state index is -4.39. The largest absolute Gasteiger partial charge is 0.493 e. The van der Waals surface area contributed by atoms with E-state index >= 15 is 0 Å². The second-order valence-corrected chi connectivity index (χ2v) is 9.85. The van der Waals surface area contributed by atoms with Gasteiger partial charge in [0.25, 0.3) is 15.9 Å². The number of anilines is 1. The van der Waals surface area contributed by atoms with Crippen LogP contribution in [0.4, 0.5) is 5.82 Å². The van der Waals surface area contributed by atoms with Gasteiger partial charge in [0.15, 0.2) is 23.1 Å². The lowest BCUT2D eigenvalue weighted by Crippen LogP contribution is -2.36. The summed E-state index contributed by atoms with van der Waals surface area (Å²) >= 11 is 0. The summed E-state index contributed by atoms with van der Waals surface area (Å²) in [5, 5.41) is 0.960. The van der Waals surface area contributed by atoms with Gasteiger partial charge in [0, 0.05) is 12.4 Å². The van der Waals surface area contributed by atoms with E-state index in [4.69, 9.17) is 18.9 Å². The highest BCUT2D eigenvalue weighted by Gasteiger charge is 2.32. The molecule has 212 valence electrons. The smallest absolute Gasteiger partial charge is 0.326 e. The number of benzene rings is 2. The Balaban J connectivity index is 1.95. The molecule has 0 atom stereocenters. The van der Waals surface area contributed by atoms with E-state index in [1.807, 2.05) is 0 Å². The van der Waals surface area contributed by atoms with E-state index in [0.717, 1.165) is 9.71 Å². The molecule has 0 spiro atoms. The van der Waals surface area contributed by atoms with Crippen molar-refractivity contribution in [2.24, 2.45) is 0 Å². The molecule has 0 bridgehead atoms. The molecule has 0 N–H and O–H groups in total. The quantitative estimate of drug-likeness (QED) is 0.224. The van der Waals surface area contributed by atoms with Crippen molar-refractivity contribution in [2.75, 3.05) is 31.7 Å². The fourth-order valence-corrected chi connectivity index (χ4v) is 4.68. The summed E-state index contributed by atoms with van der Waals surface area (Å²) in [6.07, 6.45) is 4.35. The molecule has 0 saturated heterocycles. The number of hydrogen-bond acceptors (Lipinski definition) is 11.